The summed E-state index contributed by atoms with van der Waals surface area (Å²) < 4.78 is 1.93. The van der Waals surface area contributed by atoms with Gasteiger partial charge >= 0.3 is 0 Å². The van der Waals surface area contributed by atoms with E-state index in [1.165, 1.54) is 0 Å². The molecule has 0 saturated heterocycles. The van der Waals surface area contributed by atoms with Crippen LogP contribution in [0.25, 0.3) is 5.70 Å². The van der Waals surface area contributed by atoms with Gasteiger partial charge in [0.2, 0.25) is 0 Å². The van der Waals surface area contributed by atoms with Gasteiger partial charge in [0.25, 0.3) is 5.91 Å². The zero-order valence-corrected chi connectivity index (χ0v) is 18.5. The average molecular weight is 514 g/mol. The first-order valence-corrected chi connectivity index (χ1v) is 11.4. The van der Waals surface area contributed by atoms with Crippen molar-refractivity contribution in [3.05, 3.63) is 54.0 Å². The molecule has 4 rings (SSSR count). The maximum Gasteiger partial charge on any atom is 0.276 e. The van der Waals surface area contributed by atoms with Crippen LogP contribution in [0.4, 0.5) is 0 Å². The molecule has 0 bridgehead atoms. The Labute approximate surface area is 175 Å². The number of nitrogens with zero attached hydrogens (tertiary/aromatic N) is 3. The number of nitrogens with one attached hydrogen (secondary N) is 1. The lowest BCUT2D eigenvalue weighted by molar-refractivity contribution is -0.116. The average Bonchev–Trinajstić information content (AvgIpc) is 3.05. The van der Waals surface area contributed by atoms with Crippen molar-refractivity contribution in [2.75, 3.05) is 5.75 Å². The number of amides is 1. The van der Waals surface area contributed by atoms with Crippen molar-refractivity contribution in [2.45, 2.75) is 19.5 Å². The summed E-state index contributed by atoms with van der Waals surface area (Å²) in [7, 11) is 0. The normalized spacial score (nSPS) is 18.7. The number of hydrogen-bond donors (Lipinski definition) is 1. The molecule has 1 atom stereocenters. The highest BCUT2D eigenvalue weighted by atomic mass is 79.9. The molecule has 2 aliphatic rings. The second-order valence-electron chi connectivity index (χ2n) is 5.71. The molecule has 0 spiro atoms. The lowest BCUT2D eigenvalue weighted by Gasteiger charge is -2.33. The molecule has 0 radical (unpaired) electrons. The zero-order chi connectivity index (χ0) is 18.3. The van der Waals surface area contributed by atoms with E-state index in [2.05, 4.69) is 44.1 Å². The first-order chi connectivity index (χ1) is 12.6. The summed E-state index contributed by atoms with van der Waals surface area (Å²) in [4.78, 5) is 18.8. The van der Waals surface area contributed by atoms with Gasteiger partial charge < -0.3 is 0 Å². The molecule has 134 valence electrons. The van der Waals surface area contributed by atoms with Gasteiger partial charge in [-0.15, -0.1) is 16.4 Å². The van der Waals surface area contributed by atoms with Crippen LogP contribution in [0.2, 0.25) is 0 Å². The molecule has 5 nitrogen and oxygen atoms in total. The van der Waals surface area contributed by atoms with E-state index in [1.54, 1.807) is 28.1 Å². The first-order valence-electron chi connectivity index (χ1n) is 8.01. The predicted molar refractivity (Wildman–Crippen MR) is 113 cm³/mol. The Bertz CT molecular complexity index is 1030. The fourth-order valence-corrected chi connectivity index (χ4v) is 5.29. The first kappa shape index (κ1) is 18.2. The summed E-state index contributed by atoms with van der Waals surface area (Å²) in [5.74, 6) is 0.755. The Hall–Kier alpha value is -1.16. The second kappa shape index (κ2) is 7.46. The summed E-state index contributed by atoms with van der Waals surface area (Å²) >= 11 is 10.1. The van der Waals surface area contributed by atoms with Crippen LogP contribution in [0, 0.1) is 0 Å². The number of fused-ring (bicyclic) bond motifs is 2. The Morgan fingerprint density at radius 3 is 2.88 bits per heavy atom. The predicted octanol–water partition coefficient (Wildman–Crippen LogP) is 3.56. The molecule has 1 N–H and O–H groups in total. The zero-order valence-electron chi connectivity index (χ0n) is 13.7. The smallest absolute Gasteiger partial charge is 0.276 e. The van der Waals surface area contributed by atoms with Gasteiger partial charge in [-0.2, -0.15) is 0 Å². The van der Waals surface area contributed by atoms with Gasteiger partial charge in [-0.1, -0.05) is 34.6 Å². The third-order valence-corrected chi connectivity index (χ3v) is 7.09. The molecule has 9 heteroatoms. The van der Waals surface area contributed by atoms with Gasteiger partial charge in [0.15, 0.2) is 11.3 Å². The second-order valence-corrected chi connectivity index (χ2v) is 10.2. The molecule has 1 aromatic heterocycles. The van der Waals surface area contributed by atoms with Crippen molar-refractivity contribution < 1.29 is 4.79 Å². The van der Waals surface area contributed by atoms with Crippen molar-refractivity contribution in [3.8, 4) is 0 Å². The molecule has 0 saturated carbocycles. The molecule has 1 amide bonds. The van der Waals surface area contributed by atoms with Crippen molar-refractivity contribution in [3.63, 3.8) is 0 Å². The number of hydrogen-bond acceptors (Lipinski definition) is 6. The number of benzene rings is 1. The van der Waals surface area contributed by atoms with Gasteiger partial charge in [-0.25, -0.2) is 5.01 Å². The Kier molecular flexibility index (Phi) is 5.22. The quantitative estimate of drug-likeness (QED) is 0.682. The summed E-state index contributed by atoms with van der Waals surface area (Å²) in [5.41, 5.74) is 0.534. The van der Waals surface area contributed by atoms with Gasteiger partial charge in [0.05, 0.1) is 14.0 Å². The number of thiophene rings is 1. The SMILES string of the molecule is CCCSC1=NN2C(=c3cc(Br)ccc3=N[C@H]2c2ccc(Br)s2)C(=O)N1. The van der Waals surface area contributed by atoms with Crippen molar-refractivity contribution >= 4 is 71.7 Å². The number of hydrazone groups is 1. The fourth-order valence-electron chi connectivity index (χ4n) is 2.77. The molecule has 0 fully saturated rings. The van der Waals surface area contributed by atoms with Crippen LogP contribution in [0.1, 0.15) is 24.4 Å². The van der Waals surface area contributed by atoms with Crippen molar-refractivity contribution in [1.82, 2.24) is 10.3 Å². The largest absolute Gasteiger partial charge is 0.298 e. The number of halogens is 2. The highest BCUT2D eigenvalue weighted by Crippen LogP contribution is 2.36. The Morgan fingerprint density at radius 2 is 2.15 bits per heavy atom. The third kappa shape index (κ3) is 3.37. The molecular formula is C17H14Br2N4OS2. The summed E-state index contributed by atoms with van der Waals surface area (Å²) in [6.45, 7) is 2.10. The van der Waals surface area contributed by atoms with Crippen LogP contribution in [-0.4, -0.2) is 21.8 Å². The Morgan fingerprint density at radius 1 is 1.31 bits per heavy atom. The van der Waals surface area contributed by atoms with E-state index in [0.717, 1.165) is 35.9 Å². The van der Waals surface area contributed by atoms with Crippen LogP contribution < -0.4 is 15.9 Å². The van der Waals surface area contributed by atoms with E-state index in [4.69, 9.17) is 10.1 Å². The van der Waals surface area contributed by atoms with Crippen molar-refractivity contribution in [2.24, 2.45) is 10.1 Å². The minimum Gasteiger partial charge on any atom is -0.298 e. The van der Waals surface area contributed by atoms with E-state index >= 15 is 0 Å². The number of amidine groups is 1. The van der Waals surface area contributed by atoms with Crippen LogP contribution >= 0.6 is 55.0 Å². The summed E-state index contributed by atoms with van der Waals surface area (Å²) in [6.07, 6.45) is 0.663. The van der Waals surface area contributed by atoms with E-state index in [-0.39, 0.29) is 12.1 Å². The molecule has 1 aromatic carbocycles. The Balaban J connectivity index is 1.92. The minimum atomic E-state index is -0.349. The van der Waals surface area contributed by atoms with E-state index < -0.39 is 0 Å². The van der Waals surface area contributed by atoms with Crippen LogP contribution in [-0.2, 0) is 4.79 Å². The van der Waals surface area contributed by atoms with Gasteiger partial charge in [0.1, 0.15) is 5.70 Å². The molecular weight excluding hydrogens is 500 g/mol. The van der Waals surface area contributed by atoms with Crippen molar-refractivity contribution in [1.29, 1.82) is 0 Å². The number of rotatable bonds is 3. The lowest BCUT2D eigenvalue weighted by atomic mass is 10.1. The molecule has 2 aliphatic heterocycles. The van der Waals surface area contributed by atoms with Crippen LogP contribution in [0.15, 0.2) is 48.7 Å². The fraction of sp³-hybridized carbons (Fsp3) is 0.235. The van der Waals surface area contributed by atoms with Crippen LogP contribution in [0.3, 0.4) is 0 Å². The molecule has 0 aliphatic carbocycles. The highest BCUT2D eigenvalue weighted by molar-refractivity contribution is 9.11. The van der Waals surface area contributed by atoms with E-state index in [9.17, 15) is 4.79 Å². The minimum absolute atomic E-state index is 0.145. The summed E-state index contributed by atoms with van der Waals surface area (Å²) in [5, 5.41) is 11.6. The van der Waals surface area contributed by atoms with Crippen LogP contribution in [0.5, 0.6) is 0 Å². The van der Waals surface area contributed by atoms with E-state index in [0.29, 0.717) is 10.9 Å². The topological polar surface area (TPSA) is 57.1 Å². The maximum atomic E-state index is 12.9. The molecule has 0 unspecified atom stereocenters. The maximum absolute atomic E-state index is 12.9. The number of thioether (sulfide) groups is 1. The standard InChI is InChI=1S/C17H14Br2N4OS2/c1-2-7-25-17-21-16(24)14-10-8-9(18)3-4-11(10)20-15(23(14)22-17)12-5-6-13(19)26-12/h3-6,8,15H,2,7H2,1H3,(H,21,22,24)/t15-/m1/s1. The third-order valence-electron chi connectivity index (χ3n) is 3.86. The molecule has 26 heavy (non-hydrogen) atoms. The lowest BCUT2D eigenvalue weighted by Crippen LogP contribution is -2.50. The number of carbonyl (C=O) groups excluding carboxylic acids is 1. The highest BCUT2D eigenvalue weighted by Gasteiger charge is 2.35. The molecule has 2 aromatic rings. The molecule has 3 heterocycles. The monoisotopic (exact) mass is 512 g/mol. The van der Waals surface area contributed by atoms with Gasteiger partial charge in [0, 0.05) is 15.4 Å². The number of carbonyl (C=O) groups is 1. The van der Waals surface area contributed by atoms with Gasteiger partial charge in [-0.3, -0.25) is 15.1 Å². The summed E-state index contributed by atoms with van der Waals surface area (Å²) in [6, 6.07) is 9.79. The van der Waals surface area contributed by atoms with Gasteiger partial charge in [-0.05, 0) is 52.7 Å². The van der Waals surface area contributed by atoms with E-state index in [1.807, 2.05) is 30.3 Å².